The summed E-state index contributed by atoms with van der Waals surface area (Å²) in [7, 11) is 3.14. The van der Waals surface area contributed by atoms with E-state index in [0.29, 0.717) is 16.6 Å². The van der Waals surface area contributed by atoms with Crippen molar-refractivity contribution in [1.82, 2.24) is 4.98 Å². The lowest BCUT2D eigenvalue weighted by atomic mass is 10.1. The second-order valence-corrected chi connectivity index (χ2v) is 7.91. The summed E-state index contributed by atoms with van der Waals surface area (Å²) in [6.07, 6.45) is 3.17. The van der Waals surface area contributed by atoms with Crippen molar-refractivity contribution >= 4 is 44.4 Å². The smallest absolute Gasteiger partial charge is 0.250 e. The fraction of sp³-hybridized carbons (Fsp3) is 0.143. The lowest BCUT2D eigenvalue weighted by molar-refractivity contribution is -0.111. The maximum absolute atomic E-state index is 12.3. The van der Waals surface area contributed by atoms with Gasteiger partial charge in [0.15, 0.2) is 16.6 Å². The van der Waals surface area contributed by atoms with Gasteiger partial charge in [0.25, 0.3) is 0 Å². The maximum atomic E-state index is 12.3. The molecule has 0 aliphatic carbocycles. The quantitative estimate of drug-likeness (QED) is 0.491. The molecule has 0 saturated heterocycles. The molecular weight excluding hydrogens is 440 g/mol. The number of methoxy groups -OCH3 is 2. The summed E-state index contributed by atoms with van der Waals surface area (Å²) in [5.41, 5.74) is 2.72. The van der Waals surface area contributed by atoms with Gasteiger partial charge in [0, 0.05) is 16.5 Å². The van der Waals surface area contributed by atoms with Gasteiger partial charge in [0.1, 0.15) is 0 Å². The van der Waals surface area contributed by atoms with E-state index in [1.54, 1.807) is 26.4 Å². The molecule has 0 unspecified atom stereocenters. The van der Waals surface area contributed by atoms with Gasteiger partial charge >= 0.3 is 0 Å². The van der Waals surface area contributed by atoms with Crippen molar-refractivity contribution in [3.8, 4) is 22.8 Å². The number of nitrogens with one attached hydrogen (secondary N) is 1. The molecule has 0 atom stereocenters. The number of carbonyl (C=O) groups excluding carboxylic acids is 1. The first kappa shape index (κ1) is 20.1. The molecule has 1 aromatic heterocycles. The molecule has 28 heavy (non-hydrogen) atoms. The van der Waals surface area contributed by atoms with Crippen molar-refractivity contribution in [3.05, 3.63) is 63.5 Å². The van der Waals surface area contributed by atoms with Gasteiger partial charge in [-0.05, 0) is 46.6 Å². The fourth-order valence-electron chi connectivity index (χ4n) is 2.67. The average molecular weight is 459 g/mol. The van der Waals surface area contributed by atoms with E-state index in [1.807, 2.05) is 43.3 Å². The zero-order chi connectivity index (χ0) is 20.1. The number of amides is 1. The minimum Gasteiger partial charge on any atom is -0.493 e. The van der Waals surface area contributed by atoms with Crippen molar-refractivity contribution in [2.45, 2.75) is 6.92 Å². The Labute approximate surface area is 176 Å². The zero-order valence-corrected chi connectivity index (χ0v) is 18.1. The van der Waals surface area contributed by atoms with Gasteiger partial charge in [0.05, 0.1) is 24.4 Å². The van der Waals surface area contributed by atoms with Gasteiger partial charge < -0.3 is 9.47 Å². The van der Waals surface area contributed by atoms with Gasteiger partial charge in [-0.3, -0.25) is 10.1 Å². The fourth-order valence-corrected chi connectivity index (χ4v) is 4.13. The highest BCUT2D eigenvalue weighted by Gasteiger charge is 2.12. The summed E-state index contributed by atoms with van der Waals surface area (Å²) in [4.78, 5) is 17.9. The number of nitrogens with zero attached hydrogens (tertiary/aromatic N) is 1. The minimum atomic E-state index is -0.251. The highest BCUT2D eigenvalue weighted by atomic mass is 79.9. The second-order valence-electron chi connectivity index (χ2n) is 5.85. The SMILES string of the molecule is COc1cc(/C=C/C(=O)Nc2nc(-c3ccccc3)c(C)s2)cc(Br)c1OC. The van der Waals surface area contributed by atoms with Crippen molar-refractivity contribution in [2.75, 3.05) is 19.5 Å². The van der Waals surface area contributed by atoms with Crippen LogP contribution in [0.1, 0.15) is 10.4 Å². The molecule has 0 aliphatic heterocycles. The van der Waals surface area contributed by atoms with Gasteiger partial charge in [-0.15, -0.1) is 11.3 Å². The molecule has 0 saturated carbocycles. The van der Waals surface area contributed by atoms with E-state index in [2.05, 4.69) is 26.2 Å². The number of benzene rings is 2. The van der Waals surface area contributed by atoms with E-state index in [4.69, 9.17) is 9.47 Å². The average Bonchev–Trinajstić information content (AvgIpc) is 3.06. The summed E-state index contributed by atoms with van der Waals surface area (Å²) in [6, 6.07) is 13.6. The molecule has 1 heterocycles. The summed E-state index contributed by atoms with van der Waals surface area (Å²) in [5.74, 6) is 0.940. The molecule has 0 radical (unpaired) electrons. The number of aromatic nitrogens is 1. The Kier molecular flexibility index (Phi) is 6.49. The maximum Gasteiger partial charge on any atom is 0.250 e. The number of ether oxygens (including phenoxy) is 2. The third-order valence-electron chi connectivity index (χ3n) is 3.96. The predicted molar refractivity (Wildman–Crippen MR) is 117 cm³/mol. The first-order valence-electron chi connectivity index (χ1n) is 8.45. The Hall–Kier alpha value is -2.64. The number of rotatable bonds is 6. The van der Waals surface area contributed by atoms with Gasteiger partial charge in [0.2, 0.25) is 5.91 Å². The van der Waals surface area contributed by atoms with Gasteiger partial charge in [-0.2, -0.15) is 0 Å². The monoisotopic (exact) mass is 458 g/mol. The zero-order valence-electron chi connectivity index (χ0n) is 15.7. The molecule has 7 heteroatoms. The van der Waals surface area contributed by atoms with Crippen LogP contribution in [0, 0.1) is 6.92 Å². The standard InChI is InChI=1S/C21H19BrN2O3S/c1-13-19(15-7-5-4-6-8-15)24-21(28-13)23-18(25)10-9-14-11-16(22)20(27-3)17(12-14)26-2/h4-12H,1-3H3,(H,23,24,25)/b10-9+. The third-order valence-corrected chi connectivity index (χ3v) is 5.43. The highest BCUT2D eigenvalue weighted by molar-refractivity contribution is 9.10. The lowest BCUT2D eigenvalue weighted by Gasteiger charge is -2.10. The van der Waals surface area contributed by atoms with Crippen molar-refractivity contribution in [2.24, 2.45) is 0 Å². The predicted octanol–water partition coefficient (Wildman–Crippen LogP) is 5.55. The summed E-state index contributed by atoms with van der Waals surface area (Å²) < 4.78 is 11.4. The van der Waals surface area contributed by atoms with Gasteiger partial charge in [-0.1, -0.05) is 30.3 Å². The molecule has 0 fully saturated rings. The Morgan fingerprint density at radius 1 is 1.18 bits per heavy atom. The normalized spacial score (nSPS) is 10.9. The summed E-state index contributed by atoms with van der Waals surface area (Å²) >= 11 is 4.90. The molecule has 1 amide bonds. The van der Waals surface area contributed by atoms with Crippen molar-refractivity contribution in [3.63, 3.8) is 0 Å². The molecule has 0 aliphatic rings. The molecule has 144 valence electrons. The lowest BCUT2D eigenvalue weighted by Crippen LogP contribution is -2.07. The summed E-state index contributed by atoms with van der Waals surface area (Å²) in [5, 5.41) is 3.39. The Morgan fingerprint density at radius 3 is 2.61 bits per heavy atom. The van der Waals surface area contributed by atoms with Crippen LogP contribution >= 0.6 is 27.3 Å². The van der Waals surface area contributed by atoms with Crippen LogP contribution in [0.25, 0.3) is 17.3 Å². The molecule has 1 N–H and O–H groups in total. The number of anilines is 1. The topological polar surface area (TPSA) is 60.5 Å². The van der Waals surface area contributed by atoms with Crippen molar-refractivity contribution < 1.29 is 14.3 Å². The Morgan fingerprint density at radius 2 is 1.93 bits per heavy atom. The Balaban J connectivity index is 1.74. The van der Waals surface area contributed by atoms with E-state index >= 15 is 0 Å². The number of hydrogen-bond donors (Lipinski definition) is 1. The van der Waals surface area contributed by atoms with E-state index in [-0.39, 0.29) is 5.91 Å². The van der Waals surface area contributed by atoms with Gasteiger partial charge in [-0.25, -0.2) is 4.98 Å². The van der Waals surface area contributed by atoms with Crippen LogP contribution in [0.2, 0.25) is 0 Å². The van der Waals surface area contributed by atoms with E-state index in [9.17, 15) is 4.79 Å². The molecule has 0 spiro atoms. The number of aryl methyl sites for hydroxylation is 1. The van der Waals surface area contributed by atoms with Crippen LogP contribution in [0.5, 0.6) is 11.5 Å². The van der Waals surface area contributed by atoms with Crippen LogP contribution in [-0.2, 0) is 4.79 Å². The van der Waals surface area contributed by atoms with Crippen LogP contribution in [0.4, 0.5) is 5.13 Å². The number of halogens is 1. The minimum absolute atomic E-state index is 0.251. The summed E-state index contributed by atoms with van der Waals surface area (Å²) in [6.45, 7) is 1.99. The van der Waals surface area contributed by atoms with E-state index in [1.165, 1.54) is 17.4 Å². The largest absolute Gasteiger partial charge is 0.493 e. The highest BCUT2D eigenvalue weighted by Crippen LogP contribution is 2.36. The first-order chi connectivity index (χ1) is 13.5. The molecule has 5 nitrogen and oxygen atoms in total. The number of carbonyl (C=O) groups is 1. The van der Waals surface area contributed by atoms with Crippen LogP contribution in [0.15, 0.2) is 53.0 Å². The van der Waals surface area contributed by atoms with E-state index < -0.39 is 0 Å². The molecule has 2 aromatic carbocycles. The van der Waals surface area contributed by atoms with E-state index in [0.717, 1.165) is 26.2 Å². The third kappa shape index (κ3) is 4.61. The molecular formula is C21H19BrN2O3S. The van der Waals surface area contributed by atoms with Crippen molar-refractivity contribution in [1.29, 1.82) is 0 Å². The molecule has 3 rings (SSSR count). The molecule has 0 bridgehead atoms. The van der Waals surface area contributed by atoms with Crippen LogP contribution in [-0.4, -0.2) is 25.1 Å². The second kappa shape index (κ2) is 9.03. The number of hydrogen-bond acceptors (Lipinski definition) is 5. The molecule has 3 aromatic rings. The van der Waals surface area contributed by atoms with Crippen LogP contribution < -0.4 is 14.8 Å². The number of thiazole rings is 1. The van der Waals surface area contributed by atoms with Crippen LogP contribution in [0.3, 0.4) is 0 Å². The Bertz CT molecular complexity index is 1020. The first-order valence-corrected chi connectivity index (χ1v) is 10.1.